The minimum atomic E-state index is -0.0689. The van der Waals surface area contributed by atoms with Crippen molar-refractivity contribution in [2.45, 2.75) is 26.8 Å². The summed E-state index contributed by atoms with van der Waals surface area (Å²) in [5, 5.41) is 2.88. The van der Waals surface area contributed by atoms with E-state index in [4.69, 9.17) is 5.73 Å². The van der Waals surface area contributed by atoms with Crippen molar-refractivity contribution < 1.29 is 4.79 Å². The van der Waals surface area contributed by atoms with E-state index in [2.05, 4.69) is 10.3 Å². The van der Waals surface area contributed by atoms with Crippen molar-refractivity contribution in [1.82, 2.24) is 9.55 Å². The van der Waals surface area contributed by atoms with Crippen LogP contribution in [-0.2, 0) is 17.8 Å². The number of amides is 1. The molecule has 5 nitrogen and oxygen atoms in total. The number of hydrogen-bond donors (Lipinski definition) is 2. The van der Waals surface area contributed by atoms with Gasteiger partial charge < -0.3 is 15.6 Å². The Morgan fingerprint density at radius 1 is 1.47 bits per heavy atom. The molecule has 0 saturated carbocycles. The molecular formula is C14H18N4O. The lowest BCUT2D eigenvalue weighted by Crippen LogP contribution is -2.20. The highest BCUT2D eigenvalue weighted by atomic mass is 16.1. The van der Waals surface area contributed by atoms with Crippen LogP contribution in [0.3, 0.4) is 0 Å². The average Bonchev–Trinajstić information content (AvgIpc) is 2.80. The van der Waals surface area contributed by atoms with Gasteiger partial charge in [-0.15, -0.1) is 0 Å². The van der Waals surface area contributed by atoms with Gasteiger partial charge in [-0.25, -0.2) is 4.98 Å². The SMILES string of the molecule is CCc1nccn1CC(=O)Nc1ccc(N)cc1C. The highest BCUT2D eigenvalue weighted by molar-refractivity contribution is 5.91. The second-order valence-corrected chi connectivity index (χ2v) is 4.45. The van der Waals surface area contributed by atoms with E-state index in [0.29, 0.717) is 5.69 Å². The monoisotopic (exact) mass is 258 g/mol. The van der Waals surface area contributed by atoms with Crippen molar-refractivity contribution in [3.8, 4) is 0 Å². The molecule has 5 heteroatoms. The number of nitrogens with two attached hydrogens (primary N) is 1. The van der Waals surface area contributed by atoms with Crippen LogP contribution in [-0.4, -0.2) is 15.5 Å². The quantitative estimate of drug-likeness (QED) is 0.823. The molecule has 0 radical (unpaired) electrons. The third-order valence-electron chi connectivity index (χ3n) is 2.96. The van der Waals surface area contributed by atoms with Crippen molar-refractivity contribution in [2.75, 3.05) is 11.1 Å². The lowest BCUT2D eigenvalue weighted by atomic mass is 10.2. The zero-order chi connectivity index (χ0) is 13.8. The highest BCUT2D eigenvalue weighted by Crippen LogP contribution is 2.17. The third-order valence-corrected chi connectivity index (χ3v) is 2.96. The predicted molar refractivity (Wildman–Crippen MR) is 75.8 cm³/mol. The predicted octanol–water partition coefficient (Wildman–Crippen LogP) is 1.97. The maximum Gasteiger partial charge on any atom is 0.244 e. The number of carbonyl (C=O) groups is 1. The summed E-state index contributed by atoms with van der Waals surface area (Å²) in [7, 11) is 0. The number of rotatable bonds is 4. The van der Waals surface area contributed by atoms with Crippen LogP contribution in [0.1, 0.15) is 18.3 Å². The molecule has 0 fully saturated rings. The van der Waals surface area contributed by atoms with Crippen molar-refractivity contribution in [1.29, 1.82) is 0 Å². The van der Waals surface area contributed by atoms with Crippen LogP contribution in [0.25, 0.3) is 0 Å². The van der Waals surface area contributed by atoms with Gasteiger partial charge in [-0.2, -0.15) is 0 Å². The molecule has 1 aromatic carbocycles. The number of aryl methyl sites for hydroxylation is 2. The molecule has 1 aromatic heterocycles. The summed E-state index contributed by atoms with van der Waals surface area (Å²) >= 11 is 0. The Hall–Kier alpha value is -2.30. The first-order valence-electron chi connectivity index (χ1n) is 6.26. The molecule has 0 saturated heterocycles. The number of nitrogens with zero attached hydrogens (tertiary/aromatic N) is 2. The molecule has 100 valence electrons. The second kappa shape index (κ2) is 5.56. The van der Waals surface area contributed by atoms with Crippen molar-refractivity contribution in [3.63, 3.8) is 0 Å². The Labute approximate surface area is 112 Å². The van der Waals surface area contributed by atoms with E-state index < -0.39 is 0 Å². The standard InChI is InChI=1S/C14H18N4O/c1-3-13-16-6-7-18(13)9-14(19)17-12-5-4-11(15)8-10(12)2/h4-8H,3,9,15H2,1-2H3,(H,17,19). The molecule has 0 aliphatic heterocycles. The summed E-state index contributed by atoms with van der Waals surface area (Å²) in [4.78, 5) is 16.2. The van der Waals surface area contributed by atoms with Crippen LogP contribution < -0.4 is 11.1 Å². The van der Waals surface area contributed by atoms with Crippen LogP contribution in [0.4, 0.5) is 11.4 Å². The van der Waals surface area contributed by atoms with Crippen molar-refractivity contribution in [3.05, 3.63) is 42.0 Å². The van der Waals surface area contributed by atoms with Gasteiger partial charge in [0.15, 0.2) is 0 Å². The van der Waals surface area contributed by atoms with Gasteiger partial charge >= 0.3 is 0 Å². The maximum atomic E-state index is 12.0. The van der Waals surface area contributed by atoms with Crippen molar-refractivity contribution in [2.24, 2.45) is 0 Å². The van der Waals surface area contributed by atoms with E-state index in [1.54, 1.807) is 12.3 Å². The van der Waals surface area contributed by atoms with Gasteiger partial charge in [0, 0.05) is 30.2 Å². The first-order valence-corrected chi connectivity index (χ1v) is 6.26. The fourth-order valence-corrected chi connectivity index (χ4v) is 1.97. The number of imidazole rings is 1. The lowest BCUT2D eigenvalue weighted by Gasteiger charge is -2.10. The number of nitrogen functional groups attached to an aromatic ring is 1. The van der Waals surface area contributed by atoms with Gasteiger partial charge in [0.2, 0.25) is 5.91 Å². The van der Waals surface area contributed by atoms with Crippen molar-refractivity contribution >= 4 is 17.3 Å². The Morgan fingerprint density at radius 3 is 2.95 bits per heavy atom. The first-order chi connectivity index (χ1) is 9.10. The molecule has 0 bridgehead atoms. The Balaban J connectivity index is 2.05. The molecule has 3 N–H and O–H groups in total. The Morgan fingerprint density at radius 2 is 2.26 bits per heavy atom. The summed E-state index contributed by atoms with van der Waals surface area (Å²) in [6.07, 6.45) is 4.33. The van der Waals surface area contributed by atoms with Gasteiger partial charge in [-0.05, 0) is 30.7 Å². The number of carbonyl (C=O) groups excluding carboxylic acids is 1. The van der Waals surface area contributed by atoms with Gasteiger partial charge in [0.05, 0.1) is 0 Å². The Bertz CT molecular complexity index is 589. The molecule has 0 aliphatic rings. The molecule has 2 rings (SSSR count). The van der Waals surface area contributed by atoms with E-state index in [0.717, 1.165) is 23.5 Å². The van der Waals surface area contributed by atoms with Gasteiger partial charge in [-0.1, -0.05) is 6.92 Å². The van der Waals surface area contributed by atoms with E-state index in [9.17, 15) is 4.79 Å². The number of benzene rings is 1. The molecule has 0 unspecified atom stereocenters. The minimum Gasteiger partial charge on any atom is -0.399 e. The Kier molecular flexibility index (Phi) is 3.85. The normalized spacial score (nSPS) is 10.4. The highest BCUT2D eigenvalue weighted by Gasteiger charge is 2.08. The van der Waals surface area contributed by atoms with E-state index >= 15 is 0 Å². The van der Waals surface area contributed by atoms with E-state index in [1.165, 1.54) is 0 Å². The second-order valence-electron chi connectivity index (χ2n) is 4.45. The zero-order valence-electron chi connectivity index (χ0n) is 11.2. The fraction of sp³-hybridized carbons (Fsp3) is 0.286. The largest absolute Gasteiger partial charge is 0.399 e. The smallest absolute Gasteiger partial charge is 0.244 e. The first kappa shape index (κ1) is 13.1. The van der Waals surface area contributed by atoms with E-state index in [1.807, 2.05) is 36.7 Å². The van der Waals surface area contributed by atoms with Crippen LogP contribution in [0, 0.1) is 6.92 Å². The third kappa shape index (κ3) is 3.13. The molecule has 0 spiro atoms. The summed E-state index contributed by atoms with van der Waals surface area (Å²) in [6, 6.07) is 5.43. The minimum absolute atomic E-state index is 0.0689. The van der Waals surface area contributed by atoms with Crippen LogP contribution in [0.2, 0.25) is 0 Å². The number of hydrogen-bond acceptors (Lipinski definition) is 3. The lowest BCUT2D eigenvalue weighted by molar-refractivity contribution is -0.116. The molecular weight excluding hydrogens is 240 g/mol. The molecule has 19 heavy (non-hydrogen) atoms. The average molecular weight is 258 g/mol. The maximum absolute atomic E-state index is 12.0. The van der Waals surface area contributed by atoms with Gasteiger partial charge in [0.1, 0.15) is 12.4 Å². The fourth-order valence-electron chi connectivity index (χ4n) is 1.97. The zero-order valence-corrected chi connectivity index (χ0v) is 11.2. The molecule has 0 atom stereocenters. The number of aromatic nitrogens is 2. The molecule has 0 aliphatic carbocycles. The number of anilines is 2. The molecule has 1 amide bonds. The summed E-state index contributed by atoms with van der Waals surface area (Å²) in [6.45, 7) is 4.20. The summed E-state index contributed by atoms with van der Waals surface area (Å²) in [5.74, 6) is 0.838. The van der Waals surface area contributed by atoms with E-state index in [-0.39, 0.29) is 12.5 Å². The topological polar surface area (TPSA) is 72.9 Å². The van der Waals surface area contributed by atoms with Gasteiger partial charge in [-0.3, -0.25) is 4.79 Å². The summed E-state index contributed by atoms with van der Waals surface area (Å²) < 4.78 is 1.85. The molecule has 1 heterocycles. The van der Waals surface area contributed by atoms with Crippen LogP contribution in [0.5, 0.6) is 0 Å². The number of nitrogens with one attached hydrogen (secondary N) is 1. The molecule has 2 aromatic rings. The van der Waals surface area contributed by atoms with Crippen LogP contribution >= 0.6 is 0 Å². The van der Waals surface area contributed by atoms with Crippen LogP contribution in [0.15, 0.2) is 30.6 Å². The van der Waals surface area contributed by atoms with Gasteiger partial charge in [0.25, 0.3) is 0 Å². The summed E-state index contributed by atoms with van der Waals surface area (Å²) in [5.41, 5.74) is 8.12.